The molecular formula is C26H41N3O8. The molecule has 0 bridgehead atoms. The summed E-state index contributed by atoms with van der Waals surface area (Å²) in [4.78, 5) is 65.3. The molecule has 0 aromatic carbocycles. The fourth-order valence-electron chi connectivity index (χ4n) is 4.34. The number of hydrogen-bond acceptors (Lipinski definition) is 8. The standard InChI is InChI=1S/C26H41N3O8/c1-25(2,3)36-20(30)15-13-18(23(33)37-26(4,5)6)27-21(31)19-14-12-16-10-8-9-11-17(22(32)29(16)19)28-24(34)35-7/h8-9,16-19H,10-15H2,1-7H3,(H,27,31)(H,28,34)/b9-8-/t16-,17+,18-,19+/m1/s1. The van der Waals surface area contributed by atoms with Crippen molar-refractivity contribution in [1.29, 1.82) is 0 Å². The SMILES string of the molecule is COC(=O)N[C@H]1C/C=C\C[C@@H]2CC[C@@H](C(=O)N[C@H](CCC(=O)OC(C)(C)C)C(=O)OC(C)(C)C)N2C1=O. The van der Waals surface area contributed by atoms with E-state index in [1.54, 1.807) is 41.5 Å². The molecule has 4 atom stereocenters. The van der Waals surface area contributed by atoms with Crippen LogP contribution in [-0.4, -0.2) is 77.2 Å². The summed E-state index contributed by atoms with van der Waals surface area (Å²) in [6.07, 6.45) is 4.73. The summed E-state index contributed by atoms with van der Waals surface area (Å²) < 4.78 is 15.4. The van der Waals surface area contributed by atoms with E-state index in [0.29, 0.717) is 19.3 Å². The van der Waals surface area contributed by atoms with Crippen LogP contribution in [0.4, 0.5) is 4.79 Å². The van der Waals surface area contributed by atoms with Gasteiger partial charge in [0, 0.05) is 12.5 Å². The van der Waals surface area contributed by atoms with E-state index in [0.717, 1.165) is 0 Å². The molecule has 0 radical (unpaired) electrons. The average Bonchev–Trinajstić information content (AvgIpc) is 3.17. The van der Waals surface area contributed by atoms with E-state index in [4.69, 9.17) is 9.47 Å². The first kappa shape index (κ1) is 30.1. The first-order valence-corrected chi connectivity index (χ1v) is 12.7. The molecule has 2 heterocycles. The Morgan fingerprint density at radius 3 is 2.22 bits per heavy atom. The van der Waals surface area contributed by atoms with Crippen molar-refractivity contribution < 1.29 is 38.2 Å². The van der Waals surface area contributed by atoms with Crippen molar-refractivity contribution in [3.05, 3.63) is 12.2 Å². The van der Waals surface area contributed by atoms with Crippen molar-refractivity contribution in [3.63, 3.8) is 0 Å². The Labute approximate surface area is 218 Å². The number of amides is 3. The van der Waals surface area contributed by atoms with Crippen LogP contribution < -0.4 is 10.6 Å². The zero-order valence-corrected chi connectivity index (χ0v) is 22.9. The minimum atomic E-state index is -1.10. The molecule has 0 saturated carbocycles. The number of nitrogens with one attached hydrogen (secondary N) is 2. The second kappa shape index (κ2) is 12.4. The normalized spacial score (nSPS) is 23.6. The van der Waals surface area contributed by atoms with Crippen LogP contribution in [0, 0.1) is 0 Å². The average molecular weight is 524 g/mol. The molecule has 11 heteroatoms. The molecule has 208 valence electrons. The summed E-state index contributed by atoms with van der Waals surface area (Å²) >= 11 is 0. The van der Waals surface area contributed by atoms with Gasteiger partial charge in [-0.15, -0.1) is 0 Å². The molecule has 37 heavy (non-hydrogen) atoms. The summed E-state index contributed by atoms with van der Waals surface area (Å²) in [5, 5.41) is 5.24. The number of hydrogen-bond donors (Lipinski definition) is 2. The van der Waals surface area contributed by atoms with E-state index in [1.165, 1.54) is 12.0 Å². The fourth-order valence-corrected chi connectivity index (χ4v) is 4.34. The van der Waals surface area contributed by atoms with Crippen LogP contribution >= 0.6 is 0 Å². The third kappa shape index (κ3) is 9.36. The number of fused-ring (bicyclic) bond motifs is 1. The molecule has 0 spiro atoms. The molecule has 0 aromatic heterocycles. The van der Waals surface area contributed by atoms with Gasteiger partial charge in [-0.3, -0.25) is 14.4 Å². The Morgan fingerprint density at radius 2 is 1.62 bits per heavy atom. The number of methoxy groups -OCH3 is 1. The Hall–Kier alpha value is -3.11. The number of carbonyl (C=O) groups is 5. The lowest BCUT2D eigenvalue weighted by Gasteiger charge is -2.34. The molecule has 1 fully saturated rings. The van der Waals surface area contributed by atoms with Crippen LogP contribution in [0.2, 0.25) is 0 Å². The zero-order chi connectivity index (χ0) is 28.0. The van der Waals surface area contributed by atoms with E-state index in [-0.39, 0.29) is 31.2 Å². The summed E-state index contributed by atoms with van der Waals surface area (Å²) in [5.74, 6) is -2.08. The molecule has 0 aliphatic carbocycles. The lowest BCUT2D eigenvalue weighted by molar-refractivity contribution is -0.160. The van der Waals surface area contributed by atoms with Crippen molar-refractivity contribution >= 4 is 29.8 Å². The van der Waals surface area contributed by atoms with Gasteiger partial charge in [-0.1, -0.05) is 12.2 Å². The highest BCUT2D eigenvalue weighted by atomic mass is 16.6. The van der Waals surface area contributed by atoms with E-state index >= 15 is 0 Å². The van der Waals surface area contributed by atoms with Gasteiger partial charge in [0.2, 0.25) is 11.8 Å². The van der Waals surface area contributed by atoms with Gasteiger partial charge < -0.3 is 29.7 Å². The van der Waals surface area contributed by atoms with Crippen LogP contribution in [0.1, 0.15) is 80.1 Å². The Kier molecular flexibility index (Phi) is 10.1. The Balaban J connectivity index is 2.20. The van der Waals surface area contributed by atoms with E-state index in [1.807, 2.05) is 12.2 Å². The number of esters is 2. The van der Waals surface area contributed by atoms with Gasteiger partial charge in [0.15, 0.2) is 0 Å². The third-order valence-electron chi connectivity index (χ3n) is 5.85. The maximum Gasteiger partial charge on any atom is 0.407 e. The zero-order valence-electron chi connectivity index (χ0n) is 22.9. The van der Waals surface area contributed by atoms with Crippen molar-refractivity contribution in [2.24, 2.45) is 0 Å². The minimum absolute atomic E-state index is 0.0189. The molecule has 2 aliphatic rings. The van der Waals surface area contributed by atoms with Crippen molar-refractivity contribution in [2.45, 2.75) is 115 Å². The van der Waals surface area contributed by atoms with Crippen LogP contribution in [0.3, 0.4) is 0 Å². The van der Waals surface area contributed by atoms with Gasteiger partial charge in [-0.25, -0.2) is 9.59 Å². The van der Waals surface area contributed by atoms with Gasteiger partial charge >= 0.3 is 18.0 Å². The maximum absolute atomic E-state index is 13.4. The monoisotopic (exact) mass is 523 g/mol. The van der Waals surface area contributed by atoms with Crippen molar-refractivity contribution in [2.75, 3.05) is 7.11 Å². The van der Waals surface area contributed by atoms with Crippen LogP contribution in [0.25, 0.3) is 0 Å². The fraction of sp³-hybridized carbons (Fsp3) is 0.731. The van der Waals surface area contributed by atoms with Crippen molar-refractivity contribution in [3.8, 4) is 0 Å². The van der Waals surface area contributed by atoms with Gasteiger partial charge in [0.1, 0.15) is 29.3 Å². The summed E-state index contributed by atoms with van der Waals surface area (Å²) in [6, 6.07) is -3.04. The predicted octanol–water partition coefficient (Wildman–Crippen LogP) is 2.37. The highest BCUT2D eigenvalue weighted by molar-refractivity contribution is 5.94. The molecule has 1 saturated heterocycles. The van der Waals surface area contributed by atoms with Gasteiger partial charge in [0.25, 0.3) is 0 Å². The lowest BCUT2D eigenvalue weighted by atomic mass is 10.0. The third-order valence-corrected chi connectivity index (χ3v) is 5.85. The van der Waals surface area contributed by atoms with Crippen molar-refractivity contribution in [1.82, 2.24) is 15.5 Å². The Morgan fingerprint density at radius 1 is 1.00 bits per heavy atom. The van der Waals surface area contributed by atoms with Gasteiger partial charge in [0.05, 0.1) is 7.11 Å². The predicted molar refractivity (Wildman–Crippen MR) is 134 cm³/mol. The number of ether oxygens (including phenoxy) is 3. The van der Waals surface area contributed by atoms with E-state index in [2.05, 4.69) is 15.4 Å². The first-order valence-electron chi connectivity index (χ1n) is 12.7. The molecule has 2 aliphatic heterocycles. The molecular weight excluding hydrogens is 482 g/mol. The van der Waals surface area contributed by atoms with Gasteiger partial charge in [-0.05, 0) is 73.6 Å². The van der Waals surface area contributed by atoms with E-state index < -0.39 is 53.3 Å². The topological polar surface area (TPSA) is 140 Å². The van der Waals surface area contributed by atoms with Crippen LogP contribution in [-0.2, 0) is 33.4 Å². The quantitative estimate of drug-likeness (QED) is 0.294. The molecule has 0 unspecified atom stereocenters. The molecule has 2 rings (SSSR count). The molecule has 0 aromatic rings. The molecule has 2 N–H and O–H groups in total. The number of rotatable bonds is 7. The lowest BCUT2D eigenvalue weighted by Crippen LogP contribution is -2.57. The number of nitrogens with zero attached hydrogens (tertiary/aromatic N) is 1. The summed E-state index contributed by atoms with van der Waals surface area (Å²) in [6.45, 7) is 10.4. The first-order chi connectivity index (χ1) is 17.1. The molecule has 11 nitrogen and oxygen atoms in total. The highest BCUT2D eigenvalue weighted by Crippen LogP contribution is 2.30. The largest absolute Gasteiger partial charge is 0.460 e. The minimum Gasteiger partial charge on any atom is -0.460 e. The highest BCUT2D eigenvalue weighted by Gasteiger charge is 2.44. The Bertz CT molecular complexity index is 902. The number of carbonyl (C=O) groups excluding carboxylic acids is 5. The second-order valence-electron chi connectivity index (χ2n) is 11.3. The van der Waals surface area contributed by atoms with Gasteiger partial charge in [-0.2, -0.15) is 0 Å². The van der Waals surface area contributed by atoms with Crippen LogP contribution in [0.5, 0.6) is 0 Å². The van der Waals surface area contributed by atoms with E-state index in [9.17, 15) is 24.0 Å². The summed E-state index contributed by atoms with van der Waals surface area (Å²) in [7, 11) is 1.21. The smallest absolute Gasteiger partial charge is 0.407 e. The second-order valence-corrected chi connectivity index (χ2v) is 11.3. The summed E-state index contributed by atoms with van der Waals surface area (Å²) in [5.41, 5.74) is -1.49. The number of alkyl carbamates (subject to hydrolysis) is 1. The maximum atomic E-state index is 13.4. The molecule has 3 amide bonds. The van der Waals surface area contributed by atoms with Crippen LogP contribution in [0.15, 0.2) is 12.2 Å².